The molecule has 0 saturated heterocycles. The van der Waals surface area contributed by atoms with Crippen molar-refractivity contribution in [3.05, 3.63) is 88.0 Å². The Morgan fingerprint density at radius 1 is 0.452 bits per heavy atom. The zero-order chi connectivity index (χ0) is 24.1. The van der Waals surface area contributed by atoms with Crippen molar-refractivity contribution in [2.45, 2.75) is 41.5 Å². The maximum Gasteiger partial charge on any atom is 0.133 e. The molecule has 0 bridgehead atoms. The van der Waals surface area contributed by atoms with Gasteiger partial charge < -0.3 is 32.3 Å². The van der Waals surface area contributed by atoms with Crippen LogP contribution in [0.4, 0.5) is 17.1 Å². The summed E-state index contributed by atoms with van der Waals surface area (Å²) in [5.74, 6) is 0. The van der Waals surface area contributed by atoms with Gasteiger partial charge in [0.1, 0.15) is 17.1 Å². The first-order chi connectivity index (χ1) is 14.4. The maximum atomic E-state index is 8.42. The van der Waals surface area contributed by atoms with E-state index in [1.54, 1.807) is 0 Å². The fourth-order valence-corrected chi connectivity index (χ4v) is 2.55. The molecule has 0 amide bonds. The Balaban J connectivity index is 0.000000402. The van der Waals surface area contributed by atoms with Crippen molar-refractivity contribution in [3.63, 3.8) is 0 Å². The number of hydrogen-bond acceptors (Lipinski definition) is 3. The van der Waals surface area contributed by atoms with Gasteiger partial charge in [0.25, 0.3) is 0 Å². The van der Waals surface area contributed by atoms with Crippen molar-refractivity contribution in [2.75, 3.05) is 0 Å². The zero-order valence-electron chi connectivity index (χ0n) is 19.6. The number of aryl methyl sites for hydroxylation is 6. The third kappa shape index (κ3) is 11.4. The SMILES string of the molecule is Cc1cccc(C)c1[NH3+].Cc1cccc(C)c1[NH3+].Cc1cccc(C)c1[NH3+].[O-]B([O-])[O-]. The molecule has 0 aromatic heterocycles. The first-order valence-corrected chi connectivity index (χ1v) is 10.00. The lowest BCUT2D eigenvalue weighted by Crippen LogP contribution is -2.56. The van der Waals surface area contributed by atoms with Gasteiger partial charge in [0.05, 0.1) is 0 Å². The van der Waals surface area contributed by atoms with Crippen molar-refractivity contribution >= 4 is 24.4 Å². The van der Waals surface area contributed by atoms with Crippen molar-refractivity contribution in [1.82, 2.24) is 0 Å². The van der Waals surface area contributed by atoms with Crippen LogP contribution in [0.5, 0.6) is 0 Å². The summed E-state index contributed by atoms with van der Waals surface area (Å²) < 4.78 is 0. The van der Waals surface area contributed by atoms with Gasteiger partial charge >= 0.3 is 0 Å². The summed E-state index contributed by atoms with van der Waals surface area (Å²) in [5.41, 5.74) is 22.9. The molecule has 3 rings (SSSR count). The van der Waals surface area contributed by atoms with Gasteiger partial charge in [0.2, 0.25) is 0 Å². The summed E-state index contributed by atoms with van der Waals surface area (Å²) in [4.78, 5) is 0. The monoisotopic (exact) mass is 425 g/mol. The average Bonchev–Trinajstić information content (AvgIpc) is 2.69. The van der Waals surface area contributed by atoms with Gasteiger partial charge in [-0.1, -0.05) is 54.6 Å². The van der Waals surface area contributed by atoms with E-state index in [1.807, 2.05) is 0 Å². The standard InChI is InChI=1S/3C8H11N.BO3/c3*1-6-4-3-5-7(2)8(6)9;2-1(3)4/h3*3-5H,9H2,1-2H3;/q;;;-3/p+3. The molecular weight excluding hydrogens is 389 g/mol. The van der Waals surface area contributed by atoms with Crippen LogP contribution in [0.3, 0.4) is 0 Å². The molecule has 0 saturated carbocycles. The second kappa shape index (κ2) is 14.5. The third-order valence-corrected chi connectivity index (χ3v) is 4.93. The van der Waals surface area contributed by atoms with Crippen molar-refractivity contribution in [3.8, 4) is 0 Å². The van der Waals surface area contributed by atoms with Crippen LogP contribution in [0, 0.1) is 41.5 Å². The Morgan fingerprint density at radius 3 is 0.677 bits per heavy atom. The van der Waals surface area contributed by atoms with Gasteiger partial charge in [0, 0.05) is 33.4 Å². The summed E-state index contributed by atoms with van der Waals surface area (Å²) in [6.45, 7) is 12.5. The van der Waals surface area contributed by atoms with E-state index in [1.165, 1.54) is 33.4 Å². The minimum absolute atomic E-state index is 1.16. The van der Waals surface area contributed by atoms with Crippen LogP contribution in [-0.2, 0) is 0 Å². The molecule has 9 N–H and O–H groups in total. The Morgan fingerprint density at radius 2 is 0.581 bits per heavy atom. The van der Waals surface area contributed by atoms with Crippen molar-refractivity contribution < 1.29 is 32.3 Å². The van der Waals surface area contributed by atoms with E-state index in [9.17, 15) is 0 Å². The highest BCUT2D eigenvalue weighted by molar-refractivity contribution is 6.24. The lowest BCUT2D eigenvalue weighted by Gasteiger charge is -2.35. The molecule has 0 radical (unpaired) electrons. The number of benzene rings is 3. The Hall–Kier alpha value is -2.52. The molecule has 3 aromatic carbocycles. The largest absolute Gasteiger partial charge is 0.907 e. The smallest absolute Gasteiger partial charge is 0.133 e. The Bertz CT molecular complexity index is 766. The van der Waals surface area contributed by atoms with Crippen LogP contribution < -0.4 is 32.3 Å². The molecule has 7 heteroatoms. The van der Waals surface area contributed by atoms with Crippen molar-refractivity contribution in [2.24, 2.45) is 0 Å². The third-order valence-electron chi connectivity index (χ3n) is 4.93. The van der Waals surface area contributed by atoms with Crippen LogP contribution in [0.2, 0.25) is 0 Å². The maximum absolute atomic E-state index is 8.42. The second-order valence-electron chi connectivity index (χ2n) is 7.40. The van der Waals surface area contributed by atoms with Gasteiger partial charge in [-0.05, 0) is 41.5 Å². The summed E-state index contributed by atoms with van der Waals surface area (Å²) in [7, 11) is -2.92. The molecule has 3 aromatic rings. The second-order valence-corrected chi connectivity index (χ2v) is 7.40. The molecule has 168 valence electrons. The highest BCUT2D eigenvalue weighted by Gasteiger charge is 1.98. The average molecular weight is 425 g/mol. The highest BCUT2D eigenvalue weighted by Crippen LogP contribution is 2.13. The number of quaternary nitrogens is 3. The van der Waals surface area contributed by atoms with E-state index in [0.717, 1.165) is 17.1 Å². The van der Waals surface area contributed by atoms with Crippen LogP contribution in [0.15, 0.2) is 54.6 Å². The van der Waals surface area contributed by atoms with Gasteiger partial charge in [-0.3, -0.25) is 7.32 Å². The van der Waals surface area contributed by atoms with Gasteiger partial charge in [-0.15, -0.1) is 0 Å². The molecular formula is C24H36BN3O3. The Labute approximate surface area is 186 Å². The van der Waals surface area contributed by atoms with E-state index in [4.69, 9.17) is 15.1 Å². The fraction of sp³-hybridized carbons (Fsp3) is 0.250. The molecule has 0 aliphatic carbocycles. The zero-order valence-corrected chi connectivity index (χ0v) is 19.6. The molecule has 0 unspecified atom stereocenters. The molecule has 0 atom stereocenters. The summed E-state index contributed by atoms with van der Waals surface area (Å²) >= 11 is 0. The molecule has 0 aliphatic rings. The first kappa shape index (κ1) is 28.5. The van der Waals surface area contributed by atoms with E-state index in [2.05, 4.69) is 113 Å². The minimum Gasteiger partial charge on any atom is -0.907 e. The Kier molecular flexibility index (Phi) is 13.3. The van der Waals surface area contributed by atoms with Gasteiger partial charge in [-0.25, -0.2) is 0 Å². The topological polar surface area (TPSA) is 152 Å². The van der Waals surface area contributed by atoms with E-state index in [0.29, 0.717) is 0 Å². The van der Waals surface area contributed by atoms with Gasteiger partial charge in [-0.2, -0.15) is 0 Å². The molecule has 31 heavy (non-hydrogen) atoms. The van der Waals surface area contributed by atoms with Crippen LogP contribution in [0.25, 0.3) is 0 Å². The summed E-state index contributed by atoms with van der Waals surface area (Å²) in [6, 6.07) is 18.6. The lowest BCUT2D eigenvalue weighted by molar-refractivity contribution is -0.479. The fourth-order valence-electron chi connectivity index (χ4n) is 2.55. The molecule has 0 fully saturated rings. The van der Waals surface area contributed by atoms with Gasteiger partial charge in [0.15, 0.2) is 0 Å². The molecule has 0 aliphatic heterocycles. The predicted octanol–water partition coefficient (Wildman–Crippen LogP) is -0.417. The summed E-state index contributed by atoms with van der Waals surface area (Å²) in [5, 5.41) is 25.2. The molecule has 0 heterocycles. The number of rotatable bonds is 0. The number of hydrogen-bond donors (Lipinski definition) is 3. The predicted molar refractivity (Wildman–Crippen MR) is 121 cm³/mol. The van der Waals surface area contributed by atoms with Crippen molar-refractivity contribution in [1.29, 1.82) is 0 Å². The van der Waals surface area contributed by atoms with E-state index < -0.39 is 7.32 Å². The molecule has 6 nitrogen and oxygen atoms in total. The van der Waals surface area contributed by atoms with Crippen LogP contribution >= 0.6 is 0 Å². The normalized spacial score (nSPS) is 9.29. The van der Waals surface area contributed by atoms with E-state index in [-0.39, 0.29) is 0 Å². The highest BCUT2D eigenvalue weighted by atomic mass is 16.5. The minimum atomic E-state index is -2.92. The first-order valence-electron chi connectivity index (χ1n) is 10.00. The summed E-state index contributed by atoms with van der Waals surface area (Å²) in [6.07, 6.45) is 0. The van der Waals surface area contributed by atoms with Crippen LogP contribution in [-0.4, -0.2) is 7.32 Å². The lowest BCUT2D eigenvalue weighted by atomic mass is 10.1. The van der Waals surface area contributed by atoms with E-state index >= 15 is 0 Å². The molecule has 0 spiro atoms. The van der Waals surface area contributed by atoms with Crippen LogP contribution in [0.1, 0.15) is 33.4 Å². The quantitative estimate of drug-likeness (QED) is 0.420.